The molecule has 5 nitrogen and oxygen atoms in total. The van der Waals surface area contributed by atoms with Crippen LogP contribution in [0.1, 0.15) is 24.3 Å². The highest BCUT2D eigenvalue weighted by molar-refractivity contribution is 5.85. The van der Waals surface area contributed by atoms with Gasteiger partial charge in [0.2, 0.25) is 5.91 Å². The van der Waals surface area contributed by atoms with Crippen LogP contribution in [0.4, 0.5) is 8.78 Å². The van der Waals surface area contributed by atoms with Gasteiger partial charge in [-0.25, -0.2) is 0 Å². The zero-order chi connectivity index (χ0) is 18.1. The van der Waals surface area contributed by atoms with E-state index < -0.39 is 6.61 Å². The van der Waals surface area contributed by atoms with Gasteiger partial charge in [0.25, 0.3) is 0 Å². The van der Waals surface area contributed by atoms with E-state index in [1.807, 2.05) is 11.0 Å². The summed E-state index contributed by atoms with van der Waals surface area (Å²) in [4.78, 5) is 17.3. The van der Waals surface area contributed by atoms with Gasteiger partial charge in [0, 0.05) is 51.2 Å². The summed E-state index contributed by atoms with van der Waals surface area (Å²) < 4.78 is 29.8. The lowest BCUT2D eigenvalue weighted by atomic mass is 10.1. The summed E-state index contributed by atoms with van der Waals surface area (Å²) in [6.45, 7) is 2.84. The van der Waals surface area contributed by atoms with Gasteiger partial charge in [0.05, 0.1) is 0 Å². The van der Waals surface area contributed by atoms with E-state index in [2.05, 4.69) is 15.0 Å². The molecule has 0 bridgehead atoms. The minimum Gasteiger partial charge on any atom is -0.435 e. The Labute approximate surface area is 164 Å². The quantitative estimate of drug-likeness (QED) is 0.822. The van der Waals surface area contributed by atoms with Crippen molar-refractivity contribution in [2.75, 3.05) is 39.3 Å². The molecule has 2 aliphatic heterocycles. The molecule has 1 amide bonds. The van der Waals surface area contributed by atoms with Crippen molar-refractivity contribution in [3.63, 3.8) is 0 Å². The molecule has 3 fully saturated rings. The smallest absolute Gasteiger partial charge is 0.387 e. The monoisotopic (exact) mass is 401 g/mol. The number of rotatable bonds is 5. The molecule has 1 aliphatic carbocycles. The number of carbonyl (C=O) groups is 1. The molecule has 2 heterocycles. The molecule has 0 spiro atoms. The molecule has 0 aromatic heterocycles. The maximum absolute atomic E-state index is 12.9. The van der Waals surface area contributed by atoms with Crippen molar-refractivity contribution in [2.45, 2.75) is 31.4 Å². The van der Waals surface area contributed by atoms with Gasteiger partial charge in [-0.05, 0) is 30.4 Å². The number of hydrogen-bond donors (Lipinski definition) is 1. The summed E-state index contributed by atoms with van der Waals surface area (Å²) in [5.41, 5.74) is 0.726. The zero-order valence-electron chi connectivity index (χ0n) is 15.2. The van der Waals surface area contributed by atoms with Crippen LogP contribution in [0, 0.1) is 5.92 Å². The molecule has 2 saturated heterocycles. The lowest BCUT2D eigenvalue weighted by Crippen LogP contribution is -2.49. The first-order valence-electron chi connectivity index (χ1n) is 9.41. The fourth-order valence-electron chi connectivity index (χ4n) is 4.32. The normalized spacial score (nSPS) is 28.1. The average Bonchev–Trinajstić information content (AvgIpc) is 3.29. The fraction of sp³-hybridized carbons (Fsp3) is 0.632. The van der Waals surface area contributed by atoms with Crippen molar-refractivity contribution in [1.82, 2.24) is 15.1 Å². The number of carbonyl (C=O) groups excluding carboxylic acids is 1. The highest BCUT2D eigenvalue weighted by Gasteiger charge is 2.48. The first-order valence-corrected chi connectivity index (χ1v) is 9.41. The molecule has 8 heteroatoms. The first kappa shape index (κ1) is 20.3. The van der Waals surface area contributed by atoms with Crippen LogP contribution in [0.3, 0.4) is 0 Å². The molecule has 0 radical (unpaired) electrons. The van der Waals surface area contributed by atoms with E-state index in [9.17, 15) is 13.6 Å². The van der Waals surface area contributed by atoms with Crippen LogP contribution in [-0.4, -0.2) is 67.6 Å². The predicted molar refractivity (Wildman–Crippen MR) is 101 cm³/mol. The Bertz CT molecular complexity index is 658. The Hall–Kier alpha value is -1.44. The SMILES string of the molecule is Cl.O=C(C1CC1c1ccccc1OC(F)F)N1CCC(N2CCNCC2)C1. The van der Waals surface area contributed by atoms with Crippen molar-refractivity contribution >= 4 is 18.3 Å². The second-order valence-electron chi connectivity index (χ2n) is 7.38. The Morgan fingerprint density at radius 3 is 2.67 bits per heavy atom. The number of hydrogen-bond acceptors (Lipinski definition) is 4. The van der Waals surface area contributed by atoms with Crippen LogP contribution in [0.2, 0.25) is 0 Å². The molecule has 3 unspecified atom stereocenters. The number of amides is 1. The summed E-state index contributed by atoms with van der Waals surface area (Å²) in [5, 5.41) is 3.36. The summed E-state index contributed by atoms with van der Waals surface area (Å²) in [6, 6.07) is 7.29. The van der Waals surface area contributed by atoms with Crippen molar-refractivity contribution in [3.8, 4) is 5.75 Å². The number of ether oxygens (including phenoxy) is 1. The molecule has 3 atom stereocenters. The minimum atomic E-state index is -2.84. The fourth-order valence-corrected chi connectivity index (χ4v) is 4.32. The first-order chi connectivity index (χ1) is 12.6. The molecular weight excluding hydrogens is 376 g/mol. The Morgan fingerprint density at radius 2 is 1.93 bits per heavy atom. The van der Waals surface area contributed by atoms with Gasteiger partial charge in [0.15, 0.2) is 0 Å². The third-order valence-corrected chi connectivity index (χ3v) is 5.79. The van der Waals surface area contributed by atoms with Crippen molar-refractivity contribution in [2.24, 2.45) is 5.92 Å². The maximum atomic E-state index is 12.9. The second-order valence-corrected chi connectivity index (χ2v) is 7.38. The molecule has 1 N–H and O–H groups in total. The number of alkyl halides is 2. The second kappa shape index (κ2) is 8.71. The number of likely N-dealkylation sites (tertiary alicyclic amines) is 1. The van der Waals surface area contributed by atoms with Gasteiger partial charge < -0.3 is 15.0 Å². The van der Waals surface area contributed by atoms with E-state index in [0.29, 0.717) is 6.04 Å². The Kier molecular flexibility index (Phi) is 6.55. The highest BCUT2D eigenvalue weighted by atomic mass is 35.5. The van der Waals surface area contributed by atoms with Gasteiger partial charge in [-0.3, -0.25) is 9.69 Å². The molecule has 1 aromatic carbocycles. The van der Waals surface area contributed by atoms with Gasteiger partial charge in [0.1, 0.15) is 5.75 Å². The van der Waals surface area contributed by atoms with Crippen LogP contribution in [0.15, 0.2) is 24.3 Å². The van der Waals surface area contributed by atoms with E-state index >= 15 is 0 Å². The summed E-state index contributed by atoms with van der Waals surface area (Å²) in [7, 11) is 0. The number of para-hydroxylation sites is 1. The molecular formula is C19H26ClF2N3O2. The van der Waals surface area contributed by atoms with Gasteiger partial charge in [-0.2, -0.15) is 8.78 Å². The molecule has 1 aromatic rings. The third-order valence-electron chi connectivity index (χ3n) is 5.79. The highest BCUT2D eigenvalue weighted by Crippen LogP contribution is 2.51. The number of benzene rings is 1. The van der Waals surface area contributed by atoms with E-state index in [-0.39, 0.29) is 35.9 Å². The van der Waals surface area contributed by atoms with Gasteiger partial charge in [-0.1, -0.05) is 18.2 Å². The van der Waals surface area contributed by atoms with Crippen LogP contribution < -0.4 is 10.1 Å². The Balaban J connectivity index is 0.00000210. The maximum Gasteiger partial charge on any atom is 0.387 e. The molecule has 4 rings (SSSR count). The minimum absolute atomic E-state index is 0. The standard InChI is InChI=1S/C19H25F2N3O2.ClH/c20-19(21)26-17-4-2-1-3-14(17)15-11-16(15)18(25)24-8-5-13(12-24)23-9-6-22-7-10-23;/h1-4,13,15-16,19,22H,5-12H2;1H. The van der Waals surface area contributed by atoms with Gasteiger partial charge >= 0.3 is 6.61 Å². The number of piperazine rings is 1. The molecule has 27 heavy (non-hydrogen) atoms. The zero-order valence-corrected chi connectivity index (χ0v) is 16.0. The lowest BCUT2D eigenvalue weighted by molar-refractivity contribution is -0.131. The third kappa shape index (κ3) is 4.52. The molecule has 3 aliphatic rings. The summed E-state index contributed by atoms with van der Waals surface area (Å²) in [6.07, 6.45) is 1.74. The van der Waals surface area contributed by atoms with Crippen LogP contribution in [0.5, 0.6) is 5.75 Å². The topological polar surface area (TPSA) is 44.8 Å². The molecule has 150 valence electrons. The summed E-state index contributed by atoms with van der Waals surface area (Å²) in [5.74, 6) is 0.261. The van der Waals surface area contributed by atoms with E-state index in [4.69, 9.17) is 0 Å². The number of halogens is 3. The van der Waals surface area contributed by atoms with E-state index in [1.165, 1.54) is 0 Å². The van der Waals surface area contributed by atoms with Crippen LogP contribution >= 0.6 is 12.4 Å². The van der Waals surface area contributed by atoms with E-state index in [1.54, 1.807) is 18.2 Å². The predicted octanol–water partition coefficient (Wildman–Crippen LogP) is 2.32. The van der Waals surface area contributed by atoms with Crippen molar-refractivity contribution in [1.29, 1.82) is 0 Å². The van der Waals surface area contributed by atoms with Crippen LogP contribution in [-0.2, 0) is 4.79 Å². The average molecular weight is 402 g/mol. The van der Waals surface area contributed by atoms with Crippen molar-refractivity contribution in [3.05, 3.63) is 29.8 Å². The Morgan fingerprint density at radius 1 is 1.19 bits per heavy atom. The largest absolute Gasteiger partial charge is 0.435 e. The van der Waals surface area contributed by atoms with Gasteiger partial charge in [-0.15, -0.1) is 12.4 Å². The lowest BCUT2D eigenvalue weighted by Gasteiger charge is -2.32. The van der Waals surface area contributed by atoms with E-state index in [0.717, 1.165) is 57.7 Å². The number of nitrogens with zero attached hydrogens (tertiary/aromatic N) is 2. The summed E-state index contributed by atoms with van der Waals surface area (Å²) >= 11 is 0. The van der Waals surface area contributed by atoms with Crippen molar-refractivity contribution < 1.29 is 18.3 Å². The number of nitrogens with one attached hydrogen (secondary N) is 1. The molecule has 1 saturated carbocycles. The van der Waals surface area contributed by atoms with Crippen LogP contribution in [0.25, 0.3) is 0 Å².